The molecule has 0 spiro atoms. The lowest BCUT2D eigenvalue weighted by atomic mass is 9.77. The molecule has 0 heterocycles. The van der Waals surface area contributed by atoms with Gasteiger partial charge < -0.3 is 5.73 Å². The summed E-state index contributed by atoms with van der Waals surface area (Å²) in [5.41, 5.74) is 9.94. The Morgan fingerprint density at radius 2 is 1.55 bits per heavy atom. The lowest BCUT2D eigenvalue weighted by molar-refractivity contribution is 0.0908. The van der Waals surface area contributed by atoms with Crippen molar-refractivity contribution < 1.29 is 4.79 Å². The Morgan fingerprint density at radius 1 is 0.950 bits per heavy atom. The zero-order valence-electron chi connectivity index (χ0n) is 12.5. The molecule has 0 amide bonds. The second-order valence-electron chi connectivity index (χ2n) is 5.88. The largest absolute Gasteiger partial charge is 0.399 e. The van der Waals surface area contributed by atoms with Crippen LogP contribution in [0.4, 0.5) is 5.69 Å². The van der Waals surface area contributed by atoms with Crippen LogP contribution in [0.15, 0.2) is 42.5 Å². The molecule has 0 aliphatic rings. The molecule has 2 N–H and O–H groups in total. The zero-order chi connectivity index (χ0) is 14.9. The fourth-order valence-electron chi connectivity index (χ4n) is 2.27. The molecule has 0 saturated heterocycles. The second-order valence-corrected chi connectivity index (χ2v) is 5.88. The fourth-order valence-corrected chi connectivity index (χ4v) is 2.27. The van der Waals surface area contributed by atoms with E-state index in [2.05, 4.69) is 6.92 Å². The number of Topliss-reactive ketones (excluding diaryl/α,β-unsaturated/α-hetero) is 1. The third-order valence-electron chi connectivity index (χ3n) is 3.97. The summed E-state index contributed by atoms with van der Waals surface area (Å²) in [4.78, 5) is 12.8. The van der Waals surface area contributed by atoms with Gasteiger partial charge in [0.2, 0.25) is 0 Å². The lowest BCUT2D eigenvalue weighted by Gasteiger charge is -2.24. The minimum atomic E-state index is -0.560. The van der Waals surface area contributed by atoms with Crippen molar-refractivity contribution in [2.75, 3.05) is 5.73 Å². The van der Waals surface area contributed by atoms with Gasteiger partial charge in [-0.2, -0.15) is 0 Å². The quantitative estimate of drug-likeness (QED) is 0.673. The number of carbonyl (C=O) groups excluding carboxylic acids is 1. The van der Waals surface area contributed by atoms with E-state index < -0.39 is 5.41 Å². The molecule has 20 heavy (non-hydrogen) atoms. The highest BCUT2D eigenvalue weighted by molar-refractivity contribution is 6.03. The average Bonchev–Trinajstić information content (AvgIpc) is 2.41. The van der Waals surface area contributed by atoms with E-state index in [-0.39, 0.29) is 5.78 Å². The third kappa shape index (κ3) is 2.60. The number of ketones is 1. The normalized spacial score (nSPS) is 11.4. The summed E-state index contributed by atoms with van der Waals surface area (Å²) in [5, 5.41) is 0. The number of hydrogen-bond acceptors (Lipinski definition) is 2. The number of nitrogens with two attached hydrogens (primary N) is 1. The molecule has 0 radical (unpaired) electrons. The van der Waals surface area contributed by atoms with Crippen LogP contribution in [0, 0.1) is 13.8 Å². The van der Waals surface area contributed by atoms with Gasteiger partial charge in [0, 0.05) is 11.3 Å². The molecule has 2 heteroatoms. The predicted octanol–water partition coefficient (Wildman–Crippen LogP) is 4.05. The van der Waals surface area contributed by atoms with Crippen LogP contribution in [-0.4, -0.2) is 5.78 Å². The maximum absolute atomic E-state index is 12.8. The maximum Gasteiger partial charge on any atom is 0.172 e. The number of benzene rings is 2. The highest BCUT2D eigenvalue weighted by Crippen LogP contribution is 2.29. The van der Waals surface area contributed by atoms with Crippen molar-refractivity contribution in [3.63, 3.8) is 0 Å². The Balaban J connectivity index is 2.39. The van der Waals surface area contributed by atoms with Gasteiger partial charge in [-0.3, -0.25) is 4.79 Å². The first-order valence-corrected chi connectivity index (χ1v) is 6.80. The van der Waals surface area contributed by atoms with Crippen molar-refractivity contribution in [3.05, 3.63) is 64.7 Å². The Bertz CT molecular complexity index is 639. The van der Waals surface area contributed by atoms with Crippen molar-refractivity contribution in [1.29, 1.82) is 0 Å². The first kappa shape index (κ1) is 14.3. The minimum Gasteiger partial charge on any atom is -0.399 e. The molecule has 2 aromatic rings. The smallest absolute Gasteiger partial charge is 0.172 e. The molecule has 2 rings (SSSR count). The number of nitrogen functional groups attached to an aromatic ring is 1. The summed E-state index contributed by atoms with van der Waals surface area (Å²) in [6.07, 6.45) is 0. The van der Waals surface area contributed by atoms with E-state index in [0.29, 0.717) is 5.69 Å². The molecule has 2 nitrogen and oxygen atoms in total. The summed E-state index contributed by atoms with van der Waals surface area (Å²) in [5.74, 6) is 0.130. The van der Waals surface area contributed by atoms with Crippen molar-refractivity contribution in [2.45, 2.75) is 33.1 Å². The van der Waals surface area contributed by atoms with E-state index in [1.54, 1.807) is 0 Å². The first-order valence-electron chi connectivity index (χ1n) is 6.80. The highest BCUT2D eigenvalue weighted by atomic mass is 16.1. The molecule has 0 bridgehead atoms. The number of anilines is 1. The topological polar surface area (TPSA) is 43.1 Å². The van der Waals surface area contributed by atoms with E-state index in [4.69, 9.17) is 5.73 Å². The van der Waals surface area contributed by atoms with Crippen LogP contribution < -0.4 is 5.73 Å². The number of rotatable bonds is 3. The van der Waals surface area contributed by atoms with E-state index in [0.717, 1.165) is 16.7 Å². The Kier molecular flexibility index (Phi) is 3.67. The van der Waals surface area contributed by atoms with Crippen LogP contribution in [0.1, 0.15) is 40.9 Å². The van der Waals surface area contributed by atoms with Crippen molar-refractivity contribution >= 4 is 11.5 Å². The summed E-state index contributed by atoms with van der Waals surface area (Å²) in [7, 11) is 0. The molecule has 104 valence electrons. The van der Waals surface area contributed by atoms with Gasteiger partial charge in [-0.05, 0) is 62.6 Å². The molecule has 2 aromatic carbocycles. The van der Waals surface area contributed by atoms with Crippen LogP contribution in [-0.2, 0) is 5.41 Å². The molecule has 0 aliphatic carbocycles. The van der Waals surface area contributed by atoms with E-state index in [1.807, 2.05) is 63.2 Å². The summed E-state index contributed by atoms with van der Waals surface area (Å²) >= 11 is 0. The van der Waals surface area contributed by atoms with Crippen molar-refractivity contribution in [2.24, 2.45) is 0 Å². The maximum atomic E-state index is 12.8. The molecule has 0 aromatic heterocycles. The fraction of sp³-hybridized carbons (Fsp3) is 0.278. The van der Waals surface area contributed by atoms with Crippen LogP contribution in [0.2, 0.25) is 0 Å². The van der Waals surface area contributed by atoms with Gasteiger partial charge in [-0.25, -0.2) is 0 Å². The van der Waals surface area contributed by atoms with Gasteiger partial charge in [0.25, 0.3) is 0 Å². The van der Waals surface area contributed by atoms with Crippen LogP contribution in [0.3, 0.4) is 0 Å². The Labute approximate surface area is 120 Å². The van der Waals surface area contributed by atoms with Gasteiger partial charge >= 0.3 is 0 Å². The van der Waals surface area contributed by atoms with Gasteiger partial charge in [-0.1, -0.05) is 24.3 Å². The first-order chi connectivity index (χ1) is 9.32. The standard InChI is InChI=1S/C18H21NO/c1-12-5-6-14(11-13(12)2)17(20)18(3,4)15-7-9-16(19)10-8-15/h5-11H,19H2,1-4H3. The van der Waals surface area contributed by atoms with Crippen molar-refractivity contribution in [1.82, 2.24) is 0 Å². The van der Waals surface area contributed by atoms with Crippen LogP contribution >= 0.6 is 0 Å². The minimum absolute atomic E-state index is 0.130. The third-order valence-corrected chi connectivity index (χ3v) is 3.97. The number of hydrogen-bond donors (Lipinski definition) is 1. The summed E-state index contributed by atoms with van der Waals surface area (Å²) in [6, 6.07) is 13.4. The molecule has 0 saturated carbocycles. The molecular weight excluding hydrogens is 246 g/mol. The van der Waals surface area contributed by atoms with Crippen LogP contribution in [0.5, 0.6) is 0 Å². The average molecular weight is 267 g/mol. The van der Waals surface area contributed by atoms with Gasteiger partial charge in [0.05, 0.1) is 5.41 Å². The number of carbonyl (C=O) groups is 1. The Morgan fingerprint density at radius 3 is 2.10 bits per heavy atom. The van der Waals surface area contributed by atoms with Gasteiger partial charge in [-0.15, -0.1) is 0 Å². The van der Waals surface area contributed by atoms with Crippen molar-refractivity contribution in [3.8, 4) is 0 Å². The summed E-state index contributed by atoms with van der Waals surface area (Å²) in [6.45, 7) is 7.99. The predicted molar refractivity (Wildman–Crippen MR) is 84.1 cm³/mol. The summed E-state index contributed by atoms with van der Waals surface area (Å²) < 4.78 is 0. The molecule has 0 unspecified atom stereocenters. The SMILES string of the molecule is Cc1ccc(C(=O)C(C)(C)c2ccc(N)cc2)cc1C. The molecule has 0 atom stereocenters. The van der Waals surface area contributed by atoms with E-state index >= 15 is 0 Å². The number of aryl methyl sites for hydroxylation is 2. The van der Waals surface area contributed by atoms with E-state index in [1.165, 1.54) is 5.56 Å². The second kappa shape index (κ2) is 5.12. The lowest BCUT2D eigenvalue weighted by Crippen LogP contribution is -2.29. The Hall–Kier alpha value is -2.09. The monoisotopic (exact) mass is 267 g/mol. The highest BCUT2D eigenvalue weighted by Gasteiger charge is 2.30. The van der Waals surface area contributed by atoms with E-state index in [9.17, 15) is 4.79 Å². The molecule has 0 aliphatic heterocycles. The van der Waals surface area contributed by atoms with Crippen LogP contribution in [0.25, 0.3) is 0 Å². The molecular formula is C18H21NO. The van der Waals surface area contributed by atoms with Gasteiger partial charge in [0.15, 0.2) is 5.78 Å². The zero-order valence-corrected chi connectivity index (χ0v) is 12.5. The molecule has 0 fully saturated rings. The van der Waals surface area contributed by atoms with Gasteiger partial charge in [0.1, 0.15) is 0 Å².